The Morgan fingerprint density at radius 3 is 1.48 bits per heavy atom. The van der Waals surface area contributed by atoms with Gasteiger partial charge in [-0.2, -0.15) is 0 Å². The Morgan fingerprint density at radius 1 is 0.512 bits per heavy atom. The molecule has 4 aliphatic heterocycles. The molecule has 10 heterocycles. The molecule has 0 radical (unpaired) electrons. The maximum atomic E-state index is 12.5. The summed E-state index contributed by atoms with van der Waals surface area (Å²) in [6, 6.07) is 35.7. The molecule has 4 fully saturated rings. The molecule has 0 saturated carbocycles. The molecule has 13 rings (SSSR count). The monoisotopic (exact) mass is 1100 g/mol. The number of piperidine rings is 2. The topological polar surface area (TPSA) is 122 Å². The van der Waals surface area contributed by atoms with Crippen molar-refractivity contribution in [2.45, 2.75) is 45.1 Å². The van der Waals surface area contributed by atoms with Gasteiger partial charge in [0, 0.05) is 175 Å². The SMILES string of the molecule is CN(C)c1cccc2cnc(-n3ccc4cc(N5CCC(CCN6CCN(C(=O)OCc7ccccc7)CC6)CC5)ncc43)cc12.CN(C)c1cccc2cnc(-n3ccc4cc(N5CCC(CCN6CCNCC6)CC5)ncc43)cc12. The fourth-order valence-corrected chi connectivity index (χ4v) is 12.6. The maximum absolute atomic E-state index is 12.5. The Morgan fingerprint density at radius 2 is 0.988 bits per heavy atom. The number of carbonyl (C=O) groups is 1. The van der Waals surface area contributed by atoms with Gasteiger partial charge in [0.15, 0.2) is 0 Å². The molecule has 6 aromatic heterocycles. The minimum atomic E-state index is -0.205. The van der Waals surface area contributed by atoms with Crippen LogP contribution in [0, 0.1) is 11.8 Å². The fraction of sp³-hybridized carbons (Fsp3) is 0.409. The minimum Gasteiger partial charge on any atom is -0.445 e. The molecule has 16 heteroatoms. The molecule has 82 heavy (non-hydrogen) atoms. The molecule has 1 amide bonds. The quantitative estimate of drug-likeness (QED) is 0.111. The number of ether oxygens (including phenoxy) is 1. The molecular weight excluding hydrogens is 1020 g/mol. The second kappa shape index (κ2) is 25.1. The van der Waals surface area contributed by atoms with Gasteiger partial charge in [-0.25, -0.2) is 24.7 Å². The lowest BCUT2D eigenvalue weighted by Crippen LogP contribution is -2.49. The number of pyridine rings is 4. The molecule has 9 aromatic rings. The van der Waals surface area contributed by atoms with Crippen LogP contribution in [0.2, 0.25) is 0 Å². The first-order chi connectivity index (χ1) is 40.2. The Kier molecular flexibility index (Phi) is 16.8. The van der Waals surface area contributed by atoms with Crippen LogP contribution in [0.1, 0.15) is 44.1 Å². The van der Waals surface area contributed by atoms with Crippen molar-refractivity contribution in [3.05, 3.63) is 146 Å². The summed E-state index contributed by atoms with van der Waals surface area (Å²) in [4.78, 5) is 48.0. The summed E-state index contributed by atoms with van der Waals surface area (Å²) in [6.07, 6.45) is 19.4. The number of nitrogens with one attached hydrogen (secondary N) is 1. The molecule has 426 valence electrons. The van der Waals surface area contributed by atoms with Gasteiger partial charge in [-0.1, -0.05) is 54.6 Å². The van der Waals surface area contributed by atoms with E-state index in [9.17, 15) is 4.79 Å². The third kappa shape index (κ3) is 12.5. The van der Waals surface area contributed by atoms with E-state index in [2.05, 4.69) is 157 Å². The van der Waals surface area contributed by atoms with E-state index in [1.54, 1.807) is 0 Å². The Hall–Kier alpha value is -7.79. The Bertz CT molecular complexity index is 3590. The number of amides is 1. The number of fused-ring (bicyclic) bond motifs is 4. The second-order valence-electron chi connectivity index (χ2n) is 23.3. The third-order valence-electron chi connectivity index (χ3n) is 17.7. The van der Waals surface area contributed by atoms with Gasteiger partial charge in [0.1, 0.15) is 29.9 Å². The van der Waals surface area contributed by atoms with Gasteiger partial charge >= 0.3 is 6.09 Å². The summed E-state index contributed by atoms with van der Waals surface area (Å²) in [5.41, 5.74) is 5.56. The van der Waals surface area contributed by atoms with Crippen molar-refractivity contribution in [1.82, 2.24) is 49.1 Å². The van der Waals surface area contributed by atoms with Gasteiger partial charge in [0.2, 0.25) is 0 Å². The van der Waals surface area contributed by atoms with Gasteiger partial charge in [-0.15, -0.1) is 0 Å². The smallest absolute Gasteiger partial charge is 0.410 e. The van der Waals surface area contributed by atoms with Crippen molar-refractivity contribution in [2.24, 2.45) is 11.8 Å². The minimum absolute atomic E-state index is 0.205. The van der Waals surface area contributed by atoms with Gasteiger partial charge < -0.3 is 39.5 Å². The zero-order chi connectivity index (χ0) is 55.9. The molecule has 0 aliphatic carbocycles. The molecule has 0 spiro atoms. The normalized spacial score (nSPS) is 17.0. The molecule has 4 aliphatic rings. The highest BCUT2D eigenvalue weighted by Gasteiger charge is 2.26. The first-order valence-corrected chi connectivity index (χ1v) is 29.9. The van der Waals surface area contributed by atoms with Crippen LogP contribution in [0.15, 0.2) is 140 Å². The van der Waals surface area contributed by atoms with E-state index in [4.69, 9.17) is 24.7 Å². The van der Waals surface area contributed by atoms with Crippen molar-refractivity contribution in [3.63, 3.8) is 0 Å². The summed E-state index contributed by atoms with van der Waals surface area (Å²) in [7, 11) is 8.32. The summed E-state index contributed by atoms with van der Waals surface area (Å²) < 4.78 is 9.82. The van der Waals surface area contributed by atoms with Crippen LogP contribution in [0.3, 0.4) is 0 Å². The highest BCUT2D eigenvalue weighted by atomic mass is 16.6. The molecule has 0 atom stereocenters. The van der Waals surface area contributed by atoms with E-state index < -0.39 is 0 Å². The average Bonchev–Trinajstić information content (AvgIpc) is 4.27. The van der Waals surface area contributed by atoms with Crippen molar-refractivity contribution < 1.29 is 9.53 Å². The van der Waals surface area contributed by atoms with Crippen LogP contribution >= 0.6 is 0 Å². The number of carbonyl (C=O) groups excluding carboxylic acids is 1. The van der Waals surface area contributed by atoms with Crippen LogP contribution in [-0.2, 0) is 11.3 Å². The van der Waals surface area contributed by atoms with Crippen LogP contribution in [0.5, 0.6) is 0 Å². The maximum Gasteiger partial charge on any atom is 0.410 e. The van der Waals surface area contributed by atoms with E-state index in [1.165, 1.54) is 91.1 Å². The van der Waals surface area contributed by atoms with Gasteiger partial charge in [0.25, 0.3) is 0 Å². The number of rotatable bonds is 14. The number of benzene rings is 3. The van der Waals surface area contributed by atoms with Gasteiger partial charge in [-0.3, -0.25) is 14.0 Å². The molecule has 3 aromatic carbocycles. The highest BCUT2D eigenvalue weighted by molar-refractivity contribution is 5.96. The van der Waals surface area contributed by atoms with Crippen molar-refractivity contribution >= 4 is 72.5 Å². The zero-order valence-electron chi connectivity index (χ0n) is 48.4. The summed E-state index contributed by atoms with van der Waals surface area (Å²) in [6.45, 7) is 14.9. The van der Waals surface area contributed by atoms with Crippen LogP contribution in [0.25, 0.3) is 55.0 Å². The van der Waals surface area contributed by atoms with Gasteiger partial charge in [-0.05, 0) is 118 Å². The predicted octanol–water partition coefficient (Wildman–Crippen LogP) is 10.4. The lowest BCUT2D eigenvalue weighted by atomic mass is 9.93. The summed E-state index contributed by atoms with van der Waals surface area (Å²) in [5.74, 6) is 5.54. The highest BCUT2D eigenvalue weighted by Crippen LogP contribution is 2.33. The number of aromatic nitrogens is 6. The average molecular weight is 1100 g/mol. The van der Waals surface area contributed by atoms with Crippen LogP contribution in [0.4, 0.5) is 27.8 Å². The Balaban J connectivity index is 0.000000167. The Labute approximate surface area is 482 Å². The second-order valence-corrected chi connectivity index (χ2v) is 23.3. The first-order valence-electron chi connectivity index (χ1n) is 29.9. The summed E-state index contributed by atoms with van der Waals surface area (Å²) in [5, 5.41) is 10.5. The number of nitrogens with zero attached hydrogens (tertiary/aromatic N) is 13. The number of hydrogen-bond acceptors (Lipinski definition) is 13. The molecule has 1 N–H and O–H groups in total. The van der Waals surface area contributed by atoms with E-state index in [0.29, 0.717) is 6.61 Å². The van der Waals surface area contributed by atoms with E-state index >= 15 is 0 Å². The number of anilines is 4. The molecular formula is C66H80N14O2. The zero-order valence-corrected chi connectivity index (χ0v) is 48.4. The van der Waals surface area contributed by atoms with Crippen molar-refractivity contribution in [3.8, 4) is 11.6 Å². The predicted molar refractivity (Wildman–Crippen MR) is 334 cm³/mol. The standard InChI is InChI=1S/C37H43N7O2.C29H37N7/c1-40(2)33-10-6-9-31-25-38-36(24-32(31)33)44-18-14-30-23-35(39-26-34(30)44)42-16-12-28(13-17-42)11-15-41-19-21-43(22-20-41)37(45)46-27-29-7-4-3-5-8-29;1-33(2)26-5-3-4-24-20-31-29(19-25(24)26)36-15-9-23-18-28(32-21-27(23)36)35-13-7-22(8-14-35)6-12-34-16-10-30-11-17-34/h3-10,14,18,23-26,28H,11-13,15-17,19-22,27H2,1-2H3;3-5,9,15,18-22,30H,6-8,10-14,16-17H2,1-2H3. The van der Waals surface area contributed by atoms with E-state index in [1.807, 2.05) is 60.0 Å². The van der Waals surface area contributed by atoms with Gasteiger partial charge in [0.05, 0.1) is 23.4 Å². The molecule has 0 unspecified atom stereocenters. The van der Waals surface area contributed by atoms with Crippen LogP contribution in [-0.4, -0.2) is 170 Å². The first kappa shape index (κ1) is 54.8. The third-order valence-corrected chi connectivity index (χ3v) is 17.7. The number of piperazine rings is 2. The van der Waals surface area contributed by atoms with Crippen molar-refractivity contribution in [2.75, 3.05) is 139 Å². The molecule has 4 saturated heterocycles. The van der Waals surface area contributed by atoms with E-state index in [-0.39, 0.29) is 6.09 Å². The largest absolute Gasteiger partial charge is 0.445 e. The molecule has 16 nitrogen and oxygen atoms in total. The number of hydrogen-bond donors (Lipinski definition) is 1. The van der Waals surface area contributed by atoms with Crippen molar-refractivity contribution in [1.29, 1.82) is 0 Å². The fourth-order valence-electron chi connectivity index (χ4n) is 12.6. The van der Waals surface area contributed by atoms with E-state index in [0.717, 1.165) is 134 Å². The lowest BCUT2D eigenvalue weighted by Gasteiger charge is -2.36. The lowest BCUT2D eigenvalue weighted by molar-refractivity contribution is 0.0700. The summed E-state index contributed by atoms with van der Waals surface area (Å²) >= 11 is 0. The van der Waals surface area contributed by atoms with Crippen LogP contribution < -0.4 is 24.9 Å². The molecule has 0 bridgehead atoms.